The second-order valence-corrected chi connectivity index (χ2v) is 8.96. The smallest absolute Gasteiger partial charge is 0.113 e. The first-order valence-corrected chi connectivity index (χ1v) is 10.7. The Balaban J connectivity index is 1.68. The van der Waals surface area contributed by atoms with Crippen molar-refractivity contribution in [3.8, 4) is 0 Å². The number of thiophene rings is 1. The molecule has 1 saturated heterocycles. The summed E-state index contributed by atoms with van der Waals surface area (Å²) in [5.74, 6) is 0.0183. The summed E-state index contributed by atoms with van der Waals surface area (Å²) in [5, 5.41) is 41.8. The van der Waals surface area contributed by atoms with Gasteiger partial charge in [-0.25, -0.2) is 0 Å². The Kier molecular flexibility index (Phi) is 5.95. The molecule has 0 aliphatic carbocycles. The molecule has 0 bridgehead atoms. The summed E-state index contributed by atoms with van der Waals surface area (Å²) in [5.41, 5.74) is 1.52. The second kappa shape index (κ2) is 8.32. The maximum atomic E-state index is 10.4. The highest BCUT2D eigenvalue weighted by Gasteiger charge is 2.44. The molecule has 1 aliphatic heterocycles. The molecule has 1 fully saturated rings. The van der Waals surface area contributed by atoms with E-state index in [4.69, 9.17) is 16.3 Å². The van der Waals surface area contributed by atoms with Crippen LogP contribution in [0.25, 0.3) is 10.1 Å². The maximum Gasteiger partial charge on any atom is 0.113 e. The van der Waals surface area contributed by atoms with Crippen molar-refractivity contribution in [1.29, 1.82) is 0 Å². The Hall–Kier alpha value is -1.51. The van der Waals surface area contributed by atoms with Crippen LogP contribution in [0.5, 0.6) is 0 Å². The summed E-state index contributed by atoms with van der Waals surface area (Å²) in [6, 6.07) is 15.7. The van der Waals surface area contributed by atoms with Gasteiger partial charge in [0, 0.05) is 20.5 Å². The van der Waals surface area contributed by atoms with Gasteiger partial charge in [0.2, 0.25) is 0 Å². The van der Waals surface area contributed by atoms with Gasteiger partial charge in [-0.1, -0.05) is 48.9 Å². The van der Waals surface area contributed by atoms with E-state index in [0.29, 0.717) is 10.6 Å². The molecule has 0 spiro atoms. The zero-order chi connectivity index (χ0) is 20.7. The Bertz CT molecular complexity index is 971. The van der Waals surface area contributed by atoms with Gasteiger partial charge in [0.25, 0.3) is 0 Å². The number of fused-ring (bicyclic) bond motifs is 1. The van der Waals surface area contributed by atoms with Crippen molar-refractivity contribution in [2.75, 3.05) is 6.61 Å². The van der Waals surface area contributed by atoms with Crippen molar-refractivity contribution < 1.29 is 25.2 Å². The minimum Gasteiger partial charge on any atom is -0.394 e. The number of hydrogen-bond donors (Lipinski definition) is 4. The highest BCUT2D eigenvalue weighted by atomic mass is 35.5. The van der Waals surface area contributed by atoms with Crippen LogP contribution in [0.4, 0.5) is 0 Å². The zero-order valence-electron chi connectivity index (χ0n) is 15.8. The van der Waals surface area contributed by atoms with Crippen molar-refractivity contribution in [3.63, 3.8) is 0 Å². The van der Waals surface area contributed by atoms with E-state index < -0.39 is 37.1 Å². The van der Waals surface area contributed by atoms with Gasteiger partial charge in [0.15, 0.2) is 0 Å². The van der Waals surface area contributed by atoms with E-state index in [1.54, 1.807) is 23.5 Å². The minimum atomic E-state index is -1.41. The van der Waals surface area contributed by atoms with E-state index in [2.05, 4.69) is 25.1 Å². The Labute approximate surface area is 177 Å². The lowest BCUT2D eigenvalue weighted by Crippen LogP contribution is -2.55. The molecule has 2 aromatic carbocycles. The van der Waals surface area contributed by atoms with Crippen molar-refractivity contribution in [2.45, 2.75) is 43.4 Å². The van der Waals surface area contributed by atoms with Crippen LogP contribution in [-0.4, -0.2) is 51.4 Å². The predicted octanol–water partition coefficient (Wildman–Crippen LogP) is 3.22. The lowest BCUT2D eigenvalue weighted by atomic mass is 9.89. The number of aliphatic hydroxyl groups excluding tert-OH is 4. The van der Waals surface area contributed by atoms with Crippen LogP contribution in [0.1, 0.15) is 34.9 Å². The third-order valence-electron chi connectivity index (χ3n) is 5.58. The Morgan fingerprint density at radius 2 is 1.79 bits per heavy atom. The molecule has 1 unspecified atom stereocenters. The highest BCUT2D eigenvalue weighted by molar-refractivity contribution is 7.19. The Morgan fingerprint density at radius 1 is 1.03 bits per heavy atom. The van der Waals surface area contributed by atoms with Crippen molar-refractivity contribution in [2.24, 2.45) is 0 Å². The van der Waals surface area contributed by atoms with Crippen LogP contribution in [-0.2, 0) is 4.74 Å². The quantitative estimate of drug-likeness (QED) is 0.506. The normalized spacial score (nSPS) is 28.6. The second-order valence-electron chi connectivity index (χ2n) is 7.44. The topological polar surface area (TPSA) is 90.2 Å². The van der Waals surface area contributed by atoms with Gasteiger partial charge in [-0.3, -0.25) is 0 Å². The van der Waals surface area contributed by atoms with Gasteiger partial charge in [0.1, 0.15) is 30.5 Å². The molecule has 4 N–H and O–H groups in total. The number of hydrogen-bond acceptors (Lipinski definition) is 6. The van der Waals surface area contributed by atoms with Crippen molar-refractivity contribution in [1.82, 2.24) is 0 Å². The van der Waals surface area contributed by atoms with Gasteiger partial charge < -0.3 is 25.2 Å². The average molecular weight is 435 g/mol. The van der Waals surface area contributed by atoms with E-state index in [1.807, 2.05) is 18.2 Å². The number of aliphatic hydroxyl groups is 4. The van der Waals surface area contributed by atoms with Crippen molar-refractivity contribution >= 4 is 33.0 Å². The standard InChI is InChI=1S/C22H23ClO5S/c1-11(18-9-12-4-2-3-5-17(12)29-18)14-8-13(6-7-15(14)23)22-21(27)20(26)19(25)16(10-24)28-22/h2-9,11,16,19-22,24-27H,10H2,1H3/t11?,16-,19-,20+,21-,22+/m1/s1. The lowest BCUT2D eigenvalue weighted by Gasteiger charge is -2.40. The minimum absolute atomic E-state index is 0.0183. The first-order valence-electron chi connectivity index (χ1n) is 9.49. The van der Waals surface area contributed by atoms with Gasteiger partial charge in [-0.05, 0) is 34.7 Å². The summed E-state index contributed by atoms with van der Waals surface area (Å²) in [6.45, 7) is 1.61. The molecule has 1 aliphatic rings. The van der Waals surface area contributed by atoms with Gasteiger partial charge >= 0.3 is 0 Å². The van der Waals surface area contributed by atoms with Gasteiger partial charge in [-0.2, -0.15) is 0 Å². The lowest BCUT2D eigenvalue weighted by molar-refractivity contribution is -0.231. The fourth-order valence-electron chi connectivity index (χ4n) is 3.82. The van der Waals surface area contributed by atoms with Crippen LogP contribution >= 0.6 is 22.9 Å². The van der Waals surface area contributed by atoms with E-state index >= 15 is 0 Å². The molecule has 3 aromatic rings. The molecule has 2 heterocycles. The first-order chi connectivity index (χ1) is 13.9. The molecule has 1 aromatic heterocycles. The molecule has 5 nitrogen and oxygen atoms in total. The van der Waals surface area contributed by atoms with Crippen LogP contribution in [0, 0.1) is 0 Å². The fourth-order valence-corrected chi connectivity index (χ4v) is 5.23. The molecule has 4 rings (SSSR count). The molecule has 154 valence electrons. The van der Waals surface area contributed by atoms with Crippen LogP contribution in [0.15, 0.2) is 48.5 Å². The number of ether oxygens (including phenoxy) is 1. The molecule has 0 amide bonds. The van der Waals surface area contributed by atoms with Crippen LogP contribution < -0.4 is 0 Å². The predicted molar refractivity (Wildman–Crippen MR) is 114 cm³/mol. The van der Waals surface area contributed by atoms with Gasteiger partial charge in [0.05, 0.1) is 6.61 Å². The molecule has 6 atom stereocenters. The molecular formula is C22H23ClO5S. The van der Waals surface area contributed by atoms with Crippen LogP contribution in [0.2, 0.25) is 5.02 Å². The summed E-state index contributed by atoms with van der Waals surface area (Å²) in [7, 11) is 0. The Morgan fingerprint density at radius 3 is 2.52 bits per heavy atom. The van der Waals surface area contributed by atoms with E-state index in [1.165, 1.54) is 15.0 Å². The largest absolute Gasteiger partial charge is 0.394 e. The molecule has 0 saturated carbocycles. The monoisotopic (exact) mass is 434 g/mol. The van der Waals surface area contributed by atoms with E-state index in [9.17, 15) is 20.4 Å². The van der Waals surface area contributed by atoms with E-state index in [0.717, 1.165) is 5.56 Å². The molecule has 0 radical (unpaired) electrons. The van der Waals surface area contributed by atoms with Crippen molar-refractivity contribution in [3.05, 3.63) is 69.6 Å². The molecule has 29 heavy (non-hydrogen) atoms. The number of rotatable bonds is 4. The molecular weight excluding hydrogens is 412 g/mol. The fraction of sp³-hybridized carbons (Fsp3) is 0.364. The zero-order valence-corrected chi connectivity index (χ0v) is 17.3. The summed E-state index contributed by atoms with van der Waals surface area (Å²) in [4.78, 5) is 1.17. The van der Waals surface area contributed by atoms with E-state index in [-0.39, 0.29) is 5.92 Å². The number of halogens is 1. The summed E-state index contributed by atoms with van der Waals surface area (Å²) in [6.07, 6.45) is -5.93. The summed E-state index contributed by atoms with van der Waals surface area (Å²) < 4.78 is 6.90. The third-order valence-corrected chi connectivity index (χ3v) is 7.22. The third kappa shape index (κ3) is 3.82. The number of benzene rings is 2. The van der Waals surface area contributed by atoms with Crippen LogP contribution in [0.3, 0.4) is 0 Å². The summed E-state index contributed by atoms with van der Waals surface area (Å²) >= 11 is 8.20. The van der Waals surface area contributed by atoms with Gasteiger partial charge in [-0.15, -0.1) is 11.3 Å². The maximum absolute atomic E-state index is 10.4. The first kappa shape index (κ1) is 20.8. The SMILES string of the molecule is CC(c1cc2ccccc2s1)c1cc([C@@H]2O[C@H](CO)[C@@H](O)[C@H](O)[C@H]2O)ccc1Cl. The highest BCUT2D eigenvalue weighted by Crippen LogP contribution is 2.39. The average Bonchev–Trinajstić information content (AvgIpc) is 3.17. The molecule has 7 heteroatoms.